The summed E-state index contributed by atoms with van der Waals surface area (Å²) in [7, 11) is 0. The van der Waals surface area contributed by atoms with Crippen LogP contribution in [0.3, 0.4) is 0 Å². The summed E-state index contributed by atoms with van der Waals surface area (Å²) in [5.41, 5.74) is 4.02. The average molecular weight is 484 g/mol. The van der Waals surface area contributed by atoms with Crippen LogP contribution in [-0.2, 0) is 4.74 Å². The van der Waals surface area contributed by atoms with Crippen LogP contribution in [0.15, 0.2) is 82.6 Å². The third-order valence-corrected chi connectivity index (χ3v) is 5.73. The molecular weight excluding hydrogens is 464 g/mol. The number of aromatic nitrogens is 4. The zero-order chi connectivity index (χ0) is 25.4. The van der Waals surface area contributed by atoms with E-state index in [1.807, 2.05) is 12.3 Å². The van der Waals surface area contributed by atoms with Crippen LogP contribution in [0.25, 0.3) is 33.1 Å². The molecule has 36 heavy (non-hydrogen) atoms. The fraction of sp³-hybridized carbons (Fsp3) is 0.0769. The van der Waals surface area contributed by atoms with Crippen LogP contribution in [0, 0.1) is 0 Å². The van der Waals surface area contributed by atoms with E-state index in [1.54, 1.807) is 64.4 Å². The molecule has 4 aromatic heterocycles. The second-order valence-electron chi connectivity index (χ2n) is 7.92. The van der Waals surface area contributed by atoms with Gasteiger partial charge in [0, 0.05) is 12.4 Å². The summed E-state index contributed by atoms with van der Waals surface area (Å²) in [5, 5.41) is 8.89. The minimum atomic E-state index is -1.01. The molecule has 0 unspecified atom stereocenters. The number of hydrogen-bond acceptors (Lipinski definition) is 5. The highest BCUT2D eigenvalue weighted by Crippen LogP contribution is 2.16. The number of nitrogens with one attached hydrogen (secondary N) is 2. The van der Waals surface area contributed by atoms with Crippen molar-refractivity contribution in [2.45, 2.75) is 6.92 Å². The Kier molecular flexibility index (Phi) is 5.61. The summed E-state index contributed by atoms with van der Waals surface area (Å²) in [4.78, 5) is 51.5. The highest BCUT2D eigenvalue weighted by molar-refractivity contribution is 5.94. The first-order chi connectivity index (χ1) is 17.4. The van der Waals surface area contributed by atoms with Crippen molar-refractivity contribution < 1.29 is 19.4 Å². The molecule has 0 saturated heterocycles. The molecule has 0 aliphatic rings. The molecule has 180 valence electrons. The Hall–Kier alpha value is -5.12. The van der Waals surface area contributed by atoms with Gasteiger partial charge in [-0.25, -0.2) is 9.59 Å². The van der Waals surface area contributed by atoms with Crippen LogP contribution in [-0.4, -0.2) is 42.4 Å². The number of carboxylic acid groups (broad SMARTS) is 1. The van der Waals surface area contributed by atoms with Crippen LogP contribution in [0.2, 0.25) is 0 Å². The molecule has 0 aliphatic heterocycles. The maximum absolute atomic E-state index is 11.9. The highest BCUT2D eigenvalue weighted by atomic mass is 16.5. The van der Waals surface area contributed by atoms with E-state index in [0.717, 1.165) is 11.0 Å². The average Bonchev–Trinajstić information content (AvgIpc) is 3.55. The fourth-order valence-corrected chi connectivity index (χ4v) is 4.09. The number of esters is 1. The predicted octanol–water partition coefficient (Wildman–Crippen LogP) is 3.44. The van der Waals surface area contributed by atoms with Gasteiger partial charge in [-0.2, -0.15) is 0 Å². The summed E-state index contributed by atoms with van der Waals surface area (Å²) in [6, 6.07) is 16.8. The van der Waals surface area contributed by atoms with Gasteiger partial charge in [0.2, 0.25) is 0 Å². The number of aromatic amines is 2. The number of H-pyrrole nitrogens is 2. The third-order valence-electron chi connectivity index (χ3n) is 5.73. The van der Waals surface area contributed by atoms with Gasteiger partial charge in [0.05, 0.1) is 39.8 Å². The van der Waals surface area contributed by atoms with Crippen molar-refractivity contribution in [2.24, 2.45) is 0 Å². The first-order valence-electron chi connectivity index (χ1n) is 11.0. The van der Waals surface area contributed by atoms with Gasteiger partial charge in [0.25, 0.3) is 11.1 Å². The molecule has 0 aliphatic carbocycles. The molecule has 0 spiro atoms. The van der Waals surface area contributed by atoms with Crippen LogP contribution >= 0.6 is 0 Å². The van der Waals surface area contributed by atoms with Crippen LogP contribution in [0.4, 0.5) is 0 Å². The lowest BCUT2D eigenvalue weighted by atomic mass is 10.2. The molecule has 10 heteroatoms. The van der Waals surface area contributed by atoms with E-state index in [9.17, 15) is 19.2 Å². The standard InChI is InChI=1S/C14H12N2O3.C12H8N2O3/c1-2-19-14(18)9-5-6-11-10(8-9)15-13(17)12-4-3-7-16(11)12;15-11-10-2-1-5-14(10)9-4-3-7(12(16)17)6-8(9)13-11/h3-8H,2H2,1H3,(H,15,17);1-6H,(H,13,15)(H,16,17). The maximum Gasteiger partial charge on any atom is 0.338 e. The van der Waals surface area contributed by atoms with E-state index in [2.05, 4.69) is 9.97 Å². The molecule has 10 nitrogen and oxygen atoms in total. The van der Waals surface area contributed by atoms with E-state index in [1.165, 1.54) is 12.1 Å². The number of carbonyl (C=O) groups excluding carboxylic acids is 1. The minimum absolute atomic E-state index is 0.152. The second kappa shape index (κ2) is 8.91. The number of hydrogen-bond donors (Lipinski definition) is 3. The molecule has 0 amide bonds. The van der Waals surface area contributed by atoms with Crippen molar-refractivity contribution in [3.63, 3.8) is 0 Å². The van der Waals surface area contributed by atoms with E-state index < -0.39 is 11.9 Å². The smallest absolute Gasteiger partial charge is 0.338 e. The van der Waals surface area contributed by atoms with Gasteiger partial charge in [0.1, 0.15) is 11.0 Å². The van der Waals surface area contributed by atoms with Gasteiger partial charge in [-0.1, -0.05) is 0 Å². The van der Waals surface area contributed by atoms with Crippen LogP contribution < -0.4 is 11.1 Å². The zero-order valence-electron chi connectivity index (χ0n) is 19.0. The predicted molar refractivity (Wildman–Crippen MR) is 134 cm³/mol. The Morgan fingerprint density at radius 3 is 1.78 bits per heavy atom. The number of benzene rings is 2. The Balaban J connectivity index is 0.000000149. The first-order valence-corrected chi connectivity index (χ1v) is 11.0. The van der Waals surface area contributed by atoms with E-state index in [-0.39, 0.29) is 16.7 Å². The Morgan fingerprint density at radius 1 is 0.778 bits per heavy atom. The quantitative estimate of drug-likeness (QED) is 0.329. The van der Waals surface area contributed by atoms with Gasteiger partial charge < -0.3 is 28.6 Å². The largest absolute Gasteiger partial charge is 0.478 e. The monoisotopic (exact) mass is 484 g/mol. The summed E-state index contributed by atoms with van der Waals surface area (Å²) in [6.45, 7) is 2.08. The number of aromatic carboxylic acids is 1. The van der Waals surface area contributed by atoms with E-state index in [4.69, 9.17) is 9.84 Å². The Morgan fingerprint density at radius 2 is 1.28 bits per heavy atom. The van der Waals surface area contributed by atoms with Crippen molar-refractivity contribution in [1.29, 1.82) is 0 Å². The molecule has 0 saturated carbocycles. The van der Waals surface area contributed by atoms with Crippen molar-refractivity contribution >= 4 is 45.0 Å². The number of carbonyl (C=O) groups is 2. The molecule has 0 fully saturated rings. The lowest BCUT2D eigenvalue weighted by Gasteiger charge is -2.05. The summed E-state index contributed by atoms with van der Waals surface area (Å²) in [6.07, 6.45) is 3.59. The number of carboxylic acids is 1. The molecule has 0 atom stereocenters. The van der Waals surface area contributed by atoms with Gasteiger partial charge in [0.15, 0.2) is 0 Å². The van der Waals surface area contributed by atoms with Crippen molar-refractivity contribution in [2.75, 3.05) is 6.61 Å². The third kappa shape index (κ3) is 3.90. The molecule has 2 aromatic carbocycles. The van der Waals surface area contributed by atoms with Crippen LogP contribution in [0.1, 0.15) is 27.6 Å². The number of ether oxygens (including phenoxy) is 1. The molecule has 4 heterocycles. The van der Waals surface area contributed by atoms with Gasteiger partial charge in [-0.05, 0) is 67.6 Å². The fourth-order valence-electron chi connectivity index (χ4n) is 4.09. The lowest BCUT2D eigenvalue weighted by molar-refractivity contribution is 0.0526. The normalized spacial score (nSPS) is 11.0. The number of nitrogens with zero attached hydrogens (tertiary/aromatic N) is 2. The summed E-state index contributed by atoms with van der Waals surface area (Å²) in [5.74, 6) is -1.40. The zero-order valence-corrected chi connectivity index (χ0v) is 19.0. The molecular formula is C26H20N4O6. The number of rotatable bonds is 3. The second-order valence-corrected chi connectivity index (χ2v) is 7.92. The highest BCUT2D eigenvalue weighted by Gasteiger charge is 2.10. The molecule has 3 N–H and O–H groups in total. The van der Waals surface area contributed by atoms with Gasteiger partial charge >= 0.3 is 11.9 Å². The van der Waals surface area contributed by atoms with E-state index in [0.29, 0.717) is 34.2 Å². The van der Waals surface area contributed by atoms with Crippen molar-refractivity contribution in [1.82, 2.24) is 18.8 Å². The summed E-state index contributed by atoms with van der Waals surface area (Å²) < 4.78 is 8.47. The van der Waals surface area contributed by atoms with E-state index >= 15 is 0 Å². The SMILES string of the molecule is CCOC(=O)c1ccc2c(c1)[nH]c(=O)c1cccn12.O=C(O)c1ccc2c(c1)[nH]c(=O)c1cccn12. The summed E-state index contributed by atoms with van der Waals surface area (Å²) >= 11 is 0. The topological polar surface area (TPSA) is 138 Å². The van der Waals surface area contributed by atoms with Crippen LogP contribution in [0.5, 0.6) is 0 Å². The van der Waals surface area contributed by atoms with Gasteiger partial charge in [-0.3, -0.25) is 9.59 Å². The Labute approximate surface area is 202 Å². The molecule has 0 radical (unpaired) electrons. The maximum atomic E-state index is 11.9. The first kappa shape index (κ1) is 22.7. The van der Waals surface area contributed by atoms with Gasteiger partial charge in [-0.15, -0.1) is 0 Å². The molecule has 6 aromatic rings. The molecule has 6 rings (SSSR count). The van der Waals surface area contributed by atoms with Crippen molar-refractivity contribution in [3.05, 3.63) is 105 Å². The number of fused-ring (bicyclic) bond motifs is 6. The molecule has 0 bridgehead atoms. The van der Waals surface area contributed by atoms with Crippen molar-refractivity contribution in [3.8, 4) is 0 Å². The Bertz CT molecular complexity index is 1910. The lowest BCUT2D eigenvalue weighted by Crippen LogP contribution is -2.11. The minimum Gasteiger partial charge on any atom is -0.478 e.